The Morgan fingerprint density at radius 3 is 3.18 bits per heavy atom. The highest BCUT2D eigenvalue weighted by molar-refractivity contribution is 7.71. The van der Waals surface area contributed by atoms with E-state index in [1.54, 1.807) is 18.6 Å². The molecule has 0 atom stereocenters. The topological polar surface area (TPSA) is 54.5 Å². The molecule has 0 unspecified atom stereocenters. The van der Waals surface area contributed by atoms with Gasteiger partial charge in [-0.3, -0.25) is 0 Å². The van der Waals surface area contributed by atoms with E-state index in [0.29, 0.717) is 10.2 Å². The first-order chi connectivity index (χ1) is 5.38. The summed E-state index contributed by atoms with van der Waals surface area (Å²) in [4.78, 5) is 6.78. The molecule has 2 aromatic rings. The number of hydrogen-bond donors (Lipinski definition) is 1. The highest BCUT2D eigenvalue weighted by atomic mass is 32.1. The first kappa shape index (κ1) is 6.36. The molecule has 2 heterocycles. The maximum Gasteiger partial charge on any atom is 0.157 e. The number of nitrogens with zero attached hydrogens (tertiary/aromatic N) is 3. The molecule has 0 amide bonds. The van der Waals surface area contributed by atoms with Crippen molar-refractivity contribution in [1.29, 1.82) is 0 Å². The van der Waals surface area contributed by atoms with Crippen LogP contribution in [0.2, 0.25) is 0 Å². The number of hydrogen-bond acceptors (Lipinski definition) is 4. The van der Waals surface area contributed by atoms with Gasteiger partial charge < -0.3 is 4.98 Å². The van der Waals surface area contributed by atoms with E-state index < -0.39 is 0 Å². The van der Waals surface area contributed by atoms with Gasteiger partial charge in [-0.05, 0) is 6.07 Å². The van der Waals surface area contributed by atoms with E-state index in [0.717, 1.165) is 5.52 Å². The Balaban J connectivity index is 3.03. The van der Waals surface area contributed by atoms with Gasteiger partial charge in [-0.15, -0.1) is 5.10 Å². The maximum absolute atomic E-state index is 4.92. The van der Waals surface area contributed by atoms with Crippen molar-refractivity contribution in [1.82, 2.24) is 20.2 Å². The quantitative estimate of drug-likeness (QED) is 0.592. The number of rotatable bonds is 0. The lowest BCUT2D eigenvalue weighted by atomic mass is 10.4. The molecule has 2 aromatic heterocycles. The van der Waals surface area contributed by atoms with E-state index in [1.165, 1.54) is 0 Å². The van der Waals surface area contributed by atoms with Gasteiger partial charge in [0, 0.05) is 0 Å². The van der Waals surface area contributed by atoms with E-state index in [-0.39, 0.29) is 0 Å². The number of aromatic amines is 1. The van der Waals surface area contributed by atoms with Gasteiger partial charge in [0.25, 0.3) is 0 Å². The summed E-state index contributed by atoms with van der Waals surface area (Å²) in [6, 6.07) is 1.81. The van der Waals surface area contributed by atoms with Gasteiger partial charge >= 0.3 is 0 Å². The lowest BCUT2D eigenvalue weighted by Gasteiger charge is -1.91. The zero-order valence-electron chi connectivity index (χ0n) is 5.48. The summed E-state index contributed by atoms with van der Waals surface area (Å²) >= 11 is 4.92. The molecule has 2 rings (SSSR count). The third-order valence-electron chi connectivity index (χ3n) is 1.33. The fourth-order valence-corrected chi connectivity index (χ4v) is 1.03. The molecule has 11 heavy (non-hydrogen) atoms. The third-order valence-corrected chi connectivity index (χ3v) is 1.62. The molecule has 1 N–H and O–H groups in total. The molecule has 5 heteroatoms. The Hall–Kier alpha value is -1.36. The van der Waals surface area contributed by atoms with Crippen LogP contribution in [0.1, 0.15) is 0 Å². The highest BCUT2D eigenvalue weighted by Crippen LogP contribution is 2.03. The van der Waals surface area contributed by atoms with E-state index in [4.69, 9.17) is 12.2 Å². The Bertz CT molecular complexity index is 430. The van der Waals surface area contributed by atoms with Gasteiger partial charge in [0.05, 0.1) is 18.0 Å². The van der Waals surface area contributed by atoms with Crippen LogP contribution in [0.3, 0.4) is 0 Å². The minimum atomic E-state index is 0.479. The summed E-state index contributed by atoms with van der Waals surface area (Å²) in [5.41, 5.74) is 1.50. The Labute approximate surface area is 67.3 Å². The third kappa shape index (κ3) is 0.988. The van der Waals surface area contributed by atoms with E-state index in [9.17, 15) is 0 Å². The lowest BCUT2D eigenvalue weighted by Crippen LogP contribution is -1.87. The van der Waals surface area contributed by atoms with Crippen LogP contribution in [0.15, 0.2) is 18.6 Å². The van der Waals surface area contributed by atoms with Crippen LogP contribution in [0.4, 0.5) is 0 Å². The molecule has 0 fully saturated rings. The van der Waals surface area contributed by atoms with Gasteiger partial charge in [0.15, 0.2) is 4.64 Å². The molecule has 0 aliphatic heterocycles. The summed E-state index contributed by atoms with van der Waals surface area (Å²) in [5, 5.41) is 7.53. The van der Waals surface area contributed by atoms with Crippen LogP contribution in [-0.4, -0.2) is 20.2 Å². The molecule has 0 saturated heterocycles. The molecule has 0 aromatic carbocycles. The Morgan fingerprint density at radius 1 is 1.45 bits per heavy atom. The molecule has 4 nitrogen and oxygen atoms in total. The normalized spacial score (nSPS) is 10.2. The minimum absolute atomic E-state index is 0.479. The van der Waals surface area contributed by atoms with Gasteiger partial charge in [0.1, 0.15) is 5.52 Å². The number of aromatic nitrogens is 4. The smallest absolute Gasteiger partial charge is 0.157 e. The first-order valence-electron chi connectivity index (χ1n) is 3.03. The van der Waals surface area contributed by atoms with Crippen molar-refractivity contribution in [3.63, 3.8) is 0 Å². The summed E-state index contributed by atoms with van der Waals surface area (Å²) in [6.45, 7) is 0. The van der Waals surface area contributed by atoms with Crippen LogP contribution in [0.5, 0.6) is 0 Å². The van der Waals surface area contributed by atoms with Crippen molar-refractivity contribution in [2.24, 2.45) is 0 Å². The van der Waals surface area contributed by atoms with Crippen molar-refractivity contribution in [2.45, 2.75) is 0 Å². The van der Waals surface area contributed by atoms with Crippen LogP contribution in [-0.2, 0) is 0 Å². The van der Waals surface area contributed by atoms with Crippen LogP contribution in [0, 0.1) is 4.64 Å². The monoisotopic (exact) mass is 164 g/mol. The summed E-state index contributed by atoms with van der Waals surface area (Å²) < 4.78 is 0.479. The average Bonchev–Trinajstić information content (AvgIpc) is 2.06. The van der Waals surface area contributed by atoms with E-state index >= 15 is 0 Å². The molecule has 0 spiro atoms. The van der Waals surface area contributed by atoms with Gasteiger partial charge in [-0.25, -0.2) is 4.98 Å². The molecule has 0 aliphatic rings. The predicted octanol–water partition coefficient (Wildman–Crippen LogP) is 1.08. The molecule has 0 bridgehead atoms. The van der Waals surface area contributed by atoms with Gasteiger partial charge in [-0.1, -0.05) is 12.2 Å². The Morgan fingerprint density at radius 2 is 2.36 bits per heavy atom. The molecule has 0 radical (unpaired) electrons. The molecular formula is C6H4N4S. The molecule has 54 valence electrons. The standard InChI is InChI=1S/C6H4N4S/c11-6-5-4(7-3-8-6)1-2-9-10-5/h1-3H,(H,7,8,11). The van der Waals surface area contributed by atoms with Crippen molar-refractivity contribution in [3.8, 4) is 0 Å². The fraction of sp³-hybridized carbons (Fsp3) is 0. The largest absolute Gasteiger partial charge is 0.344 e. The van der Waals surface area contributed by atoms with Crippen LogP contribution < -0.4 is 0 Å². The number of H-pyrrole nitrogens is 1. The Kier molecular flexibility index (Phi) is 1.36. The molecular weight excluding hydrogens is 160 g/mol. The second-order valence-corrected chi connectivity index (χ2v) is 2.39. The zero-order chi connectivity index (χ0) is 7.68. The van der Waals surface area contributed by atoms with Gasteiger partial charge in [0.2, 0.25) is 0 Å². The average molecular weight is 164 g/mol. The van der Waals surface area contributed by atoms with E-state index in [1.807, 2.05) is 0 Å². The maximum atomic E-state index is 4.92. The summed E-state index contributed by atoms with van der Waals surface area (Å²) in [6.07, 6.45) is 3.15. The fourth-order valence-electron chi connectivity index (χ4n) is 0.828. The second kappa shape index (κ2) is 2.35. The first-order valence-corrected chi connectivity index (χ1v) is 3.44. The number of fused-ring (bicyclic) bond motifs is 1. The van der Waals surface area contributed by atoms with E-state index in [2.05, 4.69) is 20.2 Å². The van der Waals surface area contributed by atoms with Crippen LogP contribution >= 0.6 is 12.2 Å². The highest BCUT2D eigenvalue weighted by Gasteiger charge is 1.94. The lowest BCUT2D eigenvalue weighted by molar-refractivity contribution is 1.05. The second-order valence-electron chi connectivity index (χ2n) is 2.00. The van der Waals surface area contributed by atoms with Crippen molar-refractivity contribution < 1.29 is 0 Å². The SMILES string of the molecule is S=c1nc[nH]c2ccnnc12. The molecule has 0 aliphatic carbocycles. The predicted molar refractivity (Wildman–Crippen MR) is 42.5 cm³/mol. The molecule has 0 saturated carbocycles. The summed E-state index contributed by atoms with van der Waals surface area (Å²) in [5.74, 6) is 0. The zero-order valence-corrected chi connectivity index (χ0v) is 6.30. The van der Waals surface area contributed by atoms with Crippen LogP contribution in [0.25, 0.3) is 11.0 Å². The number of nitrogens with one attached hydrogen (secondary N) is 1. The van der Waals surface area contributed by atoms with Crippen molar-refractivity contribution in [3.05, 3.63) is 23.2 Å². The summed E-state index contributed by atoms with van der Waals surface area (Å²) in [7, 11) is 0. The minimum Gasteiger partial charge on any atom is -0.344 e. The van der Waals surface area contributed by atoms with Crippen molar-refractivity contribution >= 4 is 23.3 Å². The van der Waals surface area contributed by atoms with Crippen molar-refractivity contribution in [2.75, 3.05) is 0 Å². The van der Waals surface area contributed by atoms with Gasteiger partial charge in [-0.2, -0.15) is 5.10 Å².